The van der Waals surface area contributed by atoms with E-state index in [4.69, 9.17) is 0 Å². The van der Waals surface area contributed by atoms with Crippen LogP contribution in [0.25, 0.3) is 0 Å². The Kier molecular flexibility index (Phi) is 4.03. The van der Waals surface area contributed by atoms with Gasteiger partial charge in [0, 0.05) is 15.7 Å². The van der Waals surface area contributed by atoms with Crippen molar-refractivity contribution >= 4 is 33.2 Å². The lowest BCUT2D eigenvalue weighted by atomic mass is 9.95. The second-order valence-corrected chi connectivity index (χ2v) is 6.75. The van der Waals surface area contributed by atoms with E-state index in [0.29, 0.717) is 10.9 Å². The molecule has 0 bridgehead atoms. The van der Waals surface area contributed by atoms with Crippen LogP contribution < -0.4 is 5.32 Å². The van der Waals surface area contributed by atoms with Crippen LogP contribution in [0.1, 0.15) is 40.2 Å². The van der Waals surface area contributed by atoms with Crippen LogP contribution in [0.3, 0.4) is 0 Å². The van der Waals surface area contributed by atoms with Crippen LogP contribution in [0.15, 0.2) is 12.1 Å². The first-order valence-corrected chi connectivity index (χ1v) is 7.41. The highest BCUT2D eigenvalue weighted by molar-refractivity contribution is 9.09. The molecule has 2 atom stereocenters. The minimum Gasteiger partial charge on any atom is -0.347 e. The Morgan fingerprint density at radius 3 is 2.81 bits per heavy atom. The highest BCUT2D eigenvalue weighted by Crippen LogP contribution is 2.25. The summed E-state index contributed by atoms with van der Waals surface area (Å²) in [6.07, 6.45) is 4.73. The highest BCUT2D eigenvalue weighted by atomic mass is 79.9. The molecule has 1 heterocycles. The molecule has 0 aromatic carbocycles. The van der Waals surface area contributed by atoms with E-state index in [1.54, 1.807) is 11.3 Å². The van der Waals surface area contributed by atoms with Crippen molar-refractivity contribution in [3.05, 3.63) is 21.9 Å². The number of carbonyl (C=O) groups excluding carboxylic acids is 1. The van der Waals surface area contributed by atoms with Crippen LogP contribution in [-0.2, 0) is 0 Å². The van der Waals surface area contributed by atoms with Gasteiger partial charge in [0.05, 0.1) is 4.88 Å². The summed E-state index contributed by atoms with van der Waals surface area (Å²) in [5.41, 5.74) is 0. The number of carbonyl (C=O) groups is 1. The normalized spacial score (nSPS) is 25.4. The Morgan fingerprint density at radius 2 is 2.19 bits per heavy atom. The summed E-state index contributed by atoms with van der Waals surface area (Å²) in [4.78, 5) is 14.4. The molecule has 0 radical (unpaired) electrons. The smallest absolute Gasteiger partial charge is 0.261 e. The maximum absolute atomic E-state index is 12.0. The molecule has 1 aliphatic rings. The predicted molar refractivity (Wildman–Crippen MR) is 71.5 cm³/mol. The number of aryl methyl sites for hydroxylation is 1. The fourth-order valence-electron chi connectivity index (χ4n) is 2.04. The lowest BCUT2D eigenvalue weighted by molar-refractivity contribution is 0.0934. The first-order chi connectivity index (χ1) is 7.66. The third-order valence-electron chi connectivity index (χ3n) is 2.96. The van der Waals surface area contributed by atoms with Gasteiger partial charge in [0.15, 0.2) is 0 Å². The fraction of sp³-hybridized carbons (Fsp3) is 0.583. The zero-order valence-corrected chi connectivity index (χ0v) is 11.7. The standard InChI is InChI=1S/C12H16BrNOS/c1-8-6-7-11(16-8)12(15)14-10-5-3-2-4-9(10)13/h6-7,9-10H,2-5H2,1H3,(H,14,15). The van der Waals surface area contributed by atoms with E-state index in [1.807, 2.05) is 19.1 Å². The molecule has 1 fully saturated rings. The molecule has 1 aromatic rings. The van der Waals surface area contributed by atoms with Crippen molar-refractivity contribution in [1.29, 1.82) is 0 Å². The molecule has 88 valence electrons. The molecular formula is C12H16BrNOS. The number of hydrogen-bond donors (Lipinski definition) is 1. The van der Waals surface area contributed by atoms with Crippen LogP contribution in [0, 0.1) is 6.92 Å². The van der Waals surface area contributed by atoms with Gasteiger partial charge < -0.3 is 5.32 Å². The lowest BCUT2D eigenvalue weighted by Gasteiger charge is -2.27. The SMILES string of the molecule is Cc1ccc(C(=O)NC2CCCCC2Br)s1. The zero-order valence-electron chi connectivity index (χ0n) is 9.33. The fourth-order valence-corrected chi connectivity index (χ4v) is 3.54. The second-order valence-electron chi connectivity index (χ2n) is 4.29. The van der Waals surface area contributed by atoms with Gasteiger partial charge in [0.1, 0.15) is 0 Å². The third-order valence-corrected chi connectivity index (χ3v) is 5.06. The molecule has 1 amide bonds. The quantitative estimate of drug-likeness (QED) is 0.833. The number of nitrogens with one attached hydrogen (secondary N) is 1. The molecule has 1 aromatic heterocycles. The zero-order chi connectivity index (χ0) is 11.5. The van der Waals surface area contributed by atoms with Crippen LogP contribution >= 0.6 is 27.3 Å². The number of amides is 1. The van der Waals surface area contributed by atoms with Gasteiger partial charge in [-0.05, 0) is 31.9 Å². The number of alkyl halides is 1. The van der Waals surface area contributed by atoms with Crippen LogP contribution in [0.2, 0.25) is 0 Å². The molecule has 2 unspecified atom stereocenters. The van der Waals surface area contributed by atoms with Gasteiger partial charge in [-0.15, -0.1) is 11.3 Å². The molecule has 1 aliphatic carbocycles. The van der Waals surface area contributed by atoms with E-state index in [-0.39, 0.29) is 5.91 Å². The molecule has 2 nitrogen and oxygen atoms in total. The Hall–Kier alpha value is -0.350. The minimum atomic E-state index is 0.0782. The van der Waals surface area contributed by atoms with Gasteiger partial charge in [0.25, 0.3) is 5.91 Å². The molecule has 4 heteroatoms. The molecule has 0 saturated heterocycles. The molecule has 16 heavy (non-hydrogen) atoms. The third kappa shape index (κ3) is 2.86. The van der Waals surface area contributed by atoms with E-state index in [0.717, 1.165) is 17.7 Å². The number of halogens is 1. The van der Waals surface area contributed by atoms with Gasteiger partial charge in [0.2, 0.25) is 0 Å². The maximum Gasteiger partial charge on any atom is 0.261 e. The summed E-state index contributed by atoms with van der Waals surface area (Å²) in [6, 6.07) is 4.19. The first-order valence-electron chi connectivity index (χ1n) is 5.68. The van der Waals surface area contributed by atoms with Crippen molar-refractivity contribution in [2.24, 2.45) is 0 Å². The summed E-state index contributed by atoms with van der Waals surface area (Å²) >= 11 is 5.21. The largest absolute Gasteiger partial charge is 0.347 e. The van der Waals surface area contributed by atoms with Gasteiger partial charge in [-0.2, -0.15) is 0 Å². The first kappa shape index (κ1) is 12.1. The predicted octanol–water partition coefficient (Wildman–Crippen LogP) is 3.49. The highest BCUT2D eigenvalue weighted by Gasteiger charge is 2.24. The molecular weight excluding hydrogens is 286 g/mol. The van der Waals surface area contributed by atoms with Crippen molar-refractivity contribution < 1.29 is 4.79 Å². The van der Waals surface area contributed by atoms with Crippen LogP contribution in [0.5, 0.6) is 0 Å². The number of thiophene rings is 1. The average Bonchev–Trinajstić information content (AvgIpc) is 2.68. The number of rotatable bonds is 2. The maximum atomic E-state index is 12.0. The Morgan fingerprint density at radius 1 is 1.44 bits per heavy atom. The van der Waals surface area contributed by atoms with E-state index in [2.05, 4.69) is 21.2 Å². The van der Waals surface area contributed by atoms with Crippen molar-refractivity contribution in [2.75, 3.05) is 0 Å². The van der Waals surface area contributed by atoms with E-state index >= 15 is 0 Å². The summed E-state index contributed by atoms with van der Waals surface area (Å²) < 4.78 is 0. The Bertz CT molecular complexity index is 377. The van der Waals surface area contributed by atoms with E-state index < -0.39 is 0 Å². The Balaban J connectivity index is 1.96. The van der Waals surface area contributed by atoms with Gasteiger partial charge >= 0.3 is 0 Å². The van der Waals surface area contributed by atoms with Gasteiger partial charge in [-0.1, -0.05) is 28.8 Å². The summed E-state index contributed by atoms with van der Waals surface area (Å²) in [5.74, 6) is 0.0782. The molecule has 1 saturated carbocycles. The average molecular weight is 302 g/mol. The van der Waals surface area contributed by atoms with Gasteiger partial charge in [-0.3, -0.25) is 4.79 Å². The van der Waals surface area contributed by atoms with E-state index in [9.17, 15) is 4.79 Å². The molecule has 2 rings (SSSR count). The molecule has 0 aliphatic heterocycles. The van der Waals surface area contributed by atoms with Gasteiger partial charge in [-0.25, -0.2) is 0 Å². The van der Waals surface area contributed by atoms with Crippen molar-refractivity contribution in [1.82, 2.24) is 5.32 Å². The molecule has 0 spiro atoms. The topological polar surface area (TPSA) is 29.1 Å². The second kappa shape index (κ2) is 5.32. The van der Waals surface area contributed by atoms with Crippen LogP contribution in [0.4, 0.5) is 0 Å². The van der Waals surface area contributed by atoms with Crippen molar-refractivity contribution in [3.8, 4) is 0 Å². The summed E-state index contributed by atoms with van der Waals surface area (Å²) in [7, 11) is 0. The van der Waals surface area contributed by atoms with Crippen molar-refractivity contribution in [3.63, 3.8) is 0 Å². The Labute approximate surface area is 109 Å². The van der Waals surface area contributed by atoms with Crippen LogP contribution in [-0.4, -0.2) is 16.8 Å². The van der Waals surface area contributed by atoms with Crippen molar-refractivity contribution in [2.45, 2.75) is 43.5 Å². The monoisotopic (exact) mass is 301 g/mol. The summed E-state index contributed by atoms with van der Waals surface area (Å²) in [5, 5.41) is 3.12. The number of hydrogen-bond acceptors (Lipinski definition) is 2. The lowest BCUT2D eigenvalue weighted by Crippen LogP contribution is -2.42. The summed E-state index contributed by atoms with van der Waals surface area (Å²) in [6.45, 7) is 2.02. The molecule has 1 N–H and O–H groups in total. The van der Waals surface area contributed by atoms with E-state index in [1.165, 1.54) is 17.7 Å². The minimum absolute atomic E-state index is 0.0782.